The van der Waals surface area contributed by atoms with Gasteiger partial charge in [-0.2, -0.15) is 0 Å². The number of carbonyl (C=O) groups is 3. The number of aliphatic hydroxyl groups excluding tert-OH is 1. The van der Waals surface area contributed by atoms with Crippen molar-refractivity contribution in [2.75, 3.05) is 72.2 Å². The van der Waals surface area contributed by atoms with Gasteiger partial charge >= 0.3 is 0 Å². The second-order valence-corrected chi connectivity index (χ2v) is 11.0. The smallest absolute Gasteiger partial charge is 0.249 e. The Hall–Kier alpha value is -2.27. The minimum absolute atomic E-state index is 0.0628. The Bertz CT molecular complexity index is 950. The molecular weight excluding hydrogens is 488 g/mol. The molecule has 5 aliphatic heterocycles. The SMILES string of the molecule is CCCN1CC=C[C@H]2O[C@]34C=CCN(CCN5CCOCC5)C(=O)C3N(CCCCCO)C(=O)[C@@H]4[C@H]2C1=O. The van der Waals surface area contributed by atoms with E-state index in [0.29, 0.717) is 58.8 Å². The topological polar surface area (TPSA) is 103 Å². The van der Waals surface area contributed by atoms with Gasteiger partial charge in [-0.05, 0) is 25.7 Å². The molecule has 1 N–H and O–H groups in total. The van der Waals surface area contributed by atoms with Crippen LogP contribution in [-0.4, -0.2) is 132 Å². The van der Waals surface area contributed by atoms with Crippen LogP contribution in [0.5, 0.6) is 0 Å². The van der Waals surface area contributed by atoms with Crippen molar-refractivity contribution in [1.29, 1.82) is 0 Å². The van der Waals surface area contributed by atoms with Crippen LogP contribution in [0.4, 0.5) is 0 Å². The summed E-state index contributed by atoms with van der Waals surface area (Å²) in [5.41, 5.74) is -1.16. The molecule has 0 aromatic heterocycles. The fourth-order valence-corrected chi connectivity index (χ4v) is 6.81. The standard InChI is InChI=1S/C28H42N4O6/c1-2-10-30-11-6-8-21-22(25(30)34)23-26(35)32(13-4-3-5-18-33)24-27(36)31(12-7-9-28(23,24)38-21)15-14-29-16-19-37-20-17-29/h6-9,21-24,33H,2-5,10-20H2,1H3/t21-,22+,23+,24?,28+/m1/s1. The molecule has 0 radical (unpaired) electrons. The fourth-order valence-electron chi connectivity index (χ4n) is 6.81. The van der Waals surface area contributed by atoms with E-state index in [-0.39, 0.29) is 24.3 Å². The Kier molecular flexibility index (Phi) is 8.52. The van der Waals surface area contributed by atoms with E-state index in [1.54, 1.807) is 4.90 Å². The van der Waals surface area contributed by atoms with Gasteiger partial charge in [0.15, 0.2) is 0 Å². The van der Waals surface area contributed by atoms with Gasteiger partial charge in [-0.15, -0.1) is 0 Å². The normalized spacial score (nSPS) is 33.4. The number of hydrogen-bond donors (Lipinski definition) is 1. The van der Waals surface area contributed by atoms with Crippen LogP contribution in [0.2, 0.25) is 0 Å². The molecule has 38 heavy (non-hydrogen) atoms. The highest BCUT2D eigenvalue weighted by atomic mass is 16.5. The second-order valence-electron chi connectivity index (χ2n) is 11.0. The first-order valence-electron chi connectivity index (χ1n) is 14.3. The zero-order chi connectivity index (χ0) is 26.7. The van der Waals surface area contributed by atoms with E-state index in [0.717, 1.165) is 32.5 Å². The molecule has 0 bridgehead atoms. The summed E-state index contributed by atoms with van der Waals surface area (Å²) in [7, 11) is 0. The lowest BCUT2D eigenvalue weighted by Gasteiger charge is -2.36. The van der Waals surface area contributed by atoms with Crippen LogP contribution in [0.1, 0.15) is 32.6 Å². The van der Waals surface area contributed by atoms with E-state index in [2.05, 4.69) is 4.90 Å². The molecule has 5 heterocycles. The van der Waals surface area contributed by atoms with Gasteiger partial charge in [-0.1, -0.05) is 31.2 Å². The summed E-state index contributed by atoms with van der Waals surface area (Å²) in [6.45, 7) is 8.52. The van der Waals surface area contributed by atoms with E-state index in [9.17, 15) is 19.5 Å². The average Bonchev–Trinajstić information content (AvgIpc) is 3.24. The van der Waals surface area contributed by atoms with E-state index in [4.69, 9.17) is 9.47 Å². The van der Waals surface area contributed by atoms with Crippen LogP contribution in [0.15, 0.2) is 24.3 Å². The van der Waals surface area contributed by atoms with Gasteiger partial charge in [0.2, 0.25) is 17.7 Å². The first kappa shape index (κ1) is 27.3. The molecule has 5 atom stereocenters. The number of likely N-dealkylation sites (tertiary alicyclic amines) is 1. The minimum atomic E-state index is -1.16. The van der Waals surface area contributed by atoms with E-state index < -0.39 is 29.6 Å². The Morgan fingerprint density at radius 2 is 1.68 bits per heavy atom. The summed E-state index contributed by atoms with van der Waals surface area (Å²) < 4.78 is 12.1. The number of ether oxygens (including phenoxy) is 2. The van der Waals surface area contributed by atoms with Crippen molar-refractivity contribution in [3.05, 3.63) is 24.3 Å². The summed E-state index contributed by atoms with van der Waals surface area (Å²) in [6.07, 6.45) is 10.1. The highest BCUT2D eigenvalue weighted by molar-refractivity contribution is 5.99. The van der Waals surface area contributed by atoms with E-state index >= 15 is 0 Å². The van der Waals surface area contributed by atoms with Gasteiger partial charge in [-0.25, -0.2) is 0 Å². The van der Waals surface area contributed by atoms with Gasteiger partial charge in [0, 0.05) is 59.0 Å². The molecule has 3 fully saturated rings. The number of rotatable bonds is 10. The van der Waals surface area contributed by atoms with Gasteiger partial charge in [-0.3, -0.25) is 19.3 Å². The highest BCUT2D eigenvalue weighted by Crippen LogP contribution is 2.53. The first-order valence-corrected chi connectivity index (χ1v) is 14.3. The molecule has 3 amide bonds. The molecule has 3 saturated heterocycles. The largest absolute Gasteiger partial charge is 0.396 e. The predicted molar refractivity (Wildman–Crippen MR) is 140 cm³/mol. The molecular formula is C28H42N4O6. The molecule has 10 nitrogen and oxygen atoms in total. The Balaban J connectivity index is 1.44. The zero-order valence-corrected chi connectivity index (χ0v) is 22.5. The third-order valence-corrected chi connectivity index (χ3v) is 8.67. The fraction of sp³-hybridized carbons (Fsp3) is 0.750. The van der Waals surface area contributed by atoms with Crippen molar-refractivity contribution >= 4 is 17.7 Å². The van der Waals surface area contributed by atoms with Crippen LogP contribution >= 0.6 is 0 Å². The number of aliphatic hydroxyl groups is 1. The Morgan fingerprint density at radius 1 is 0.921 bits per heavy atom. The lowest BCUT2D eigenvalue weighted by Crippen LogP contribution is -2.56. The maximum absolute atomic E-state index is 14.2. The van der Waals surface area contributed by atoms with Gasteiger partial charge in [0.05, 0.1) is 31.2 Å². The zero-order valence-electron chi connectivity index (χ0n) is 22.5. The molecule has 5 rings (SSSR count). The van der Waals surface area contributed by atoms with Crippen molar-refractivity contribution in [3.8, 4) is 0 Å². The molecule has 0 saturated carbocycles. The second kappa shape index (κ2) is 11.9. The number of hydrogen-bond acceptors (Lipinski definition) is 7. The number of carbonyl (C=O) groups excluding carboxylic acids is 3. The van der Waals surface area contributed by atoms with E-state index in [1.165, 1.54) is 0 Å². The molecule has 0 aromatic rings. The van der Waals surface area contributed by atoms with Gasteiger partial charge < -0.3 is 29.3 Å². The van der Waals surface area contributed by atoms with Crippen LogP contribution in [0, 0.1) is 11.8 Å². The molecule has 0 aliphatic carbocycles. The molecule has 5 aliphatic rings. The summed E-state index contributed by atoms with van der Waals surface area (Å²) in [5.74, 6) is -1.72. The molecule has 1 unspecified atom stereocenters. The summed E-state index contributed by atoms with van der Waals surface area (Å²) in [4.78, 5) is 49.7. The maximum atomic E-state index is 14.2. The van der Waals surface area contributed by atoms with Crippen LogP contribution in [-0.2, 0) is 23.9 Å². The number of nitrogens with zero attached hydrogens (tertiary/aromatic N) is 4. The van der Waals surface area contributed by atoms with Crippen LogP contribution < -0.4 is 0 Å². The Labute approximate surface area is 225 Å². The van der Waals surface area contributed by atoms with E-state index in [1.807, 2.05) is 41.0 Å². The summed E-state index contributed by atoms with van der Waals surface area (Å²) in [5, 5.41) is 9.23. The van der Waals surface area contributed by atoms with Crippen molar-refractivity contribution in [2.24, 2.45) is 11.8 Å². The summed E-state index contributed by atoms with van der Waals surface area (Å²) >= 11 is 0. The van der Waals surface area contributed by atoms with Crippen molar-refractivity contribution in [3.63, 3.8) is 0 Å². The first-order chi connectivity index (χ1) is 18.5. The molecule has 10 heteroatoms. The Morgan fingerprint density at radius 3 is 2.45 bits per heavy atom. The lowest BCUT2D eigenvalue weighted by molar-refractivity contribution is -0.148. The molecule has 210 valence electrons. The quantitative estimate of drug-likeness (QED) is 0.320. The summed E-state index contributed by atoms with van der Waals surface area (Å²) in [6, 6.07) is -0.801. The predicted octanol–water partition coefficient (Wildman–Crippen LogP) is 0.269. The average molecular weight is 531 g/mol. The lowest BCUT2D eigenvalue weighted by atomic mass is 9.77. The van der Waals surface area contributed by atoms with Crippen molar-refractivity contribution in [1.82, 2.24) is 19.6 Å². The van der Waals surface area contributed by atoms with Crippen molar-refractivity contribution < 1.29 is 29.0 Å². The highest BCUT2D eigenvalue weighted by Gasteiger charge is 2.71. The minimum Gasteiger partial charge on any atom is -0.396 e. The maximum Gasteiger partial charge on any atom is 0.249 e. The molecule has 1 spiro atoms. The monoisotopic (exact) mass is 530 g/mol. The van der Waals surface area contributed by atoms with Crippen molar-refractivity contribution in [2.45, 2.75) is 50.4 Å². The number of unbranched alkanes of at least 4 members (excludes halogenated alkanes) is 2. The number of morpholine rings is 1. The molecule has 0 aromatic carbocycles. The van der Waals surface area contributed by atoms with Crippen LogP contribution in [0.25, 0.3) is 0 Å². The van der Waals surface area contributed by atoms with Gasteiger partial charge in [0.1, 0.15) is 11.6 Å². The third-order valence-electron chi connectivity index (χ3n) is 8.67. The number of amides is 3. The third kappa shape index (κ3) is 4.92. The number of fused-ring (bicyclic) bond motifs is 2. The van der Waals surface area contributed by atoms with Gasteiger partial charge in [0.25, 0.3) is 0 Å². The van der Waals surface area contributed by atoms with Crippen LogP contribution in [0.3, 0.4) is 0 Å².